The number of benzene rings is 2. The van der Waals surface area contributed by atoms with Crippen molar-refractivity contribution in [2.45, 2.75) is 23.0 Å². The van der Waals surface area contributed by atoms with Crippen molar-refractivity contribution < 1.29 is 17.9 Å². The molecule has 0 aromatic heterocycles. The Morgan fingerprint density at radius 2 is 1.77 bits per heavy atom. The highest BCUT2D eigenvalue weighted by molar-refractivity contribution is 7.92. The summed E-state index contributed by atoms with van der Waals surface area (Å²) < 4.78 is 31.7. The van der Waals surface area contributed by atoms with Gasteiger partial charge in [0.15, 0.2) is 9.84 Å². The molecule has 7 heteroatoms. The van der Waals surface area contributed by atoms with Gasteiger partial charge in [0.2, 0.25) is 0 Å². The van der Waals surface area contributed by atoms with Gasteiger partial charge in [-0.25, -0.2) is 8.42 Å². The lowest BCUT2D eigenvalue weighted by atomic mass is 9.99. The van der Waals surface area contributed by atoms with Crippen LogP contribution in [-0.2, 0) is 19.4 Å². The smallest absolute Gasteiger partial charge is 0.315 e. The van der Waals surface area contributed by atoms with E-state index in [9.17, 15) is 13.2 Å². The fourth-order valence-corrected chi connectivity index (χ4v) is 6.11. The summed E-state index contributed by atoms with van der Waals surface area (Å²) >= 11 is 5.87. The Labute approximate surface area is 158 Å². The number of hydrogen-bond donors (Lipinski definition) is 1. The summed E-state index contributed by atoms with van der Waals surface area (Å²) in [6.07, 6.45) is 0. The summed E-state index contributed by atoms with van der Waals surface area (Å²) in [5, 5.41) is -0.530. The van der Waals surface area contributed by atoms with Gasteiger partial charge in [-0.1, -0.05) is 41.9 Å². The third kappa shape index (κ3) is 2.92. The monoisotopic (exact) mass is 393 g/mol. The average molecular weight is 394 g/mol. The van der Waals surface area contributed by atoms with E-state index in [1.54, 1.807) is 6.92 Å². The van der Waals surface area contributed by atoms with Crippen molar-refractivity contribution in [3.63, 3.8) is 0 Å². The molecule has 2 N–H and O–H groups in total. The minimum absolute atomic E-state index is 0.108. The number of nitrogens with two attached hydrogens (primary N) is 1. The van der Waals surface area contributed by atoms with Crippen LogP contribution in [0.25, 0.3) is 0 Å². The second-order valence-corrected chi connectivity index (χ2v) is 8.78. The first-order valence-corrected chi connectivity index (χ1v) is 10.2. The maximum Gasteiger partial charge on any atom is 0.315 e. The van der Waals surface area contributed by atoms with E-state index < -0.39 is 32.4 Å². The van der Waals surface area contributed by atoms with Crippen LogP contribution in [0.15, 0.2) is 59.5 Å². The van der Waals surface area contributed by atoms with Crippen molar-refractivity contribution in [1.29, 1.82) is 0 Å². The second-order valence-electron chi connectivity index (χ2n) is 6.27. The molecule has 0 unspecified atom stereocenters. The molecule has 2 aromatic rings. The zero-order valence-corrected chi connectivity index (χ0v) is 15.8. The van der Waals surface area contributed by atoms with Gasteiger partial charge in [0.05, 0.1) is 16.8 Å². The fraction of sp³-hybridized carbons (Fsp3) is 0.316. The highest BCUT2D eigenvalue weighted by Crippen LogP contribution is 2.64. The maximum absolute atomic E-state index is 13.3. The number of rotatable bonds is 6. The fourth-order valence-electron chi connectivity index (χ4n) is 3.60. The molecule has 138 valence electrons. The molecule has 0 aliphatic heterocycles. The third-order valence-corrected chi connectivity index (χ3v) is 7.43. The van der Waals surface area contributed by atoms with E-state index in [0.29, 0.717) is 5.02 Å². The van der Waals surface area contributed by atoms with E-state index in [-0.39, 0.29) is 18.0 Å². The van der Waals surface area contributed by atoms with Crippen molar-refractivity contribution in [3.8, 4) is 0 Å². The lowest BCUT2D eigenvalue weighted by Crippen LogP contribution is -2.33. The van der Waals surface area contributed by atoms with Crippen molar-refractivity contribution in [3.05, 3.63) is 65.2 Å². The summed E-state index contributed by atoms with van der Waals surface area (Å²) in [4.78, 5) is 12.8. The molecule has 0 amide bonds. The van der Waals surface area contributed by atoms with Crippen LogP contribution >= 0.6 is 11.6 Å². The zero-order chi connectivity index (χ0) is 18.9. The predicted octanol–water partition coefficient (Wildman–Crippen LogP) is 2.79. The van der Waals surface area contributed by atoms with Gasteiger partial charge in [-0.3, -0.25) is 4.79 Å². The molecule has 5 nitrogen and oxygen atoms in total. The van der Waals surface area contributed by atoms with Gasteiger partial charge in [-0.2, -0.15) is 0 Å². The Morgan fingerprint density at radius 1 is 1.15 bits per heavy atom. The first-order valence-electron chi connectivity index (χ1n) is 8.31. The predicted molar refractivity (Wildman–Crippen MR) is 99.7 cm³/mol. The largest absolute Gasteiger partial charge is 0.465 e. The molecule has 26 heavy (non-hydrogen) atoms. The number of hydrogen-bond acceptors (Lipinski definition) is 5. The summed E-state index contributed by atoms with van der Waals surface area (Å²) in [6.45, 7) is 1.74. The summed E-state index contributed by atoms with van der Waals surface area (Å²) in [7, 11) is -3.80. The van der Waals surface area contributed by atoms with Crippen molar-refractivity contribution >= 4 is 27.4 Å². The first-order chi connectivity index (χ1) is 12.4. The number of carbonyl (C=O) groups excluding carboxylic acids is 1. The van der Waals surface area contributed by atoms with E-state index >= 15 is 0 Å². The lowest BCUT2D eigenvalue weighted by Gasteiger charge is -2.14. The maximum atomic E-state index is 13.3. The Hall–Kier alpha value is -1.89. The van der Waals surface area contributed by atoms with E-state index in [0.717, 1.165) is 5.56 Å². The molecule has 1 aliphatic rings. The number of esters is 1. The summed E-state index contributed by atoms with van der Waals surface area (Å²) in [5.74, 6) is -1.12. The molecule has 1 saturated carbocycles. The standard InChI is InChI=1S/C19H20ClNO4S/c1-2-25-18(22)19(12-21)16(13-6-4-3-5-7-13)17(19)26(23,24)15-10-8-14(20)9-11-15/h3-11,16-17H,2,12,21H2,1H3/t16-,17+,19+/m1/s1. The van der Waals surface area contributed by atoms with Gasteiger partial charge in [0.1, 0.15) is 5.41 Å². The molecule has 0 bridgehead atoms. The molecule has 1 fully saturated rings. The molecule has 3 rings (SSSR count). The molecular formula is C19H20ClNO4S. The van der Waals surface area contributed by atoms with Crippen molar-refractivity contribution in [2.24, 2.45) is 11.1 Å². The SMILES string of the molecule is CCOC(=O)[C@@]1(CN)[C@H](c2ccccc2)[C@@H]1S(=O)(=O)c1ccc(Cl)cc1. The van der Waals surface area contributed by atoms with Crippen LogP contribution in [-0.4, -0.2) is 32.8 Å². The van der Waals surface area contributed by atoms with Gasteiger partial charge in [-0.05, 0) is 36.8 Å². The lowest BCUT2D eigenvalue weighted by molar-refractivity contribution is -0.149. The Bertz CT molecular complexity index is 899. The molecule has 2 aromatic carbocycles. The van der Waals surface area contributed by atoms with Gasteiger partial charge in [-0.15, -0.1) is 0 Å². The van der Waals surface area contributed by atoms with Crippen molar-refractivity contribution in [2.75, 3.05) is 13.2 Å². The second kappa shape index (κ2) is 7.02. The molecule has 0 spiro atoms. The van der Waals surface area contributed by atoms with Crippen LogP contribution in [0.1, 0.15) is 18.4 Å². The topological polar surface area (TPSA) is 86.5 Å². The average Bonchev–Trinajstić information content (AvgIpc) is 3.35. The zero-order valence-electron chi connectivity index (χ0n) is 14.3. The summed E-state index contributed by atoms with van der Waals surface area (Å²) in [5.41, 5.74) is 5.41. The van der Waals surface area contributed by atoms with Crippen LogP contribution in [0.4, 0.5) is 0 Å². The van der Waals surface area contributed by atoms with Gasteiger partial charge in [0.25, 0.3) is 0 Å². The van der Waals surface area contributed by atoms with E-state index in [2.05, 4.69) is 0 Å². The van der Waals surface area contributed by atoms with Gasteiger partial charge >= 0.3 is 5.97 Å². The molecule has 1 aliphatic carbocycles. The van der Waals surface area contributed by atoms with Crippen LogP contribution < -0.4 is 5.73 Å². The molecule has 3 atom stereocenters. The Kier molecular flexibility index (Phi) is 5.10. The molecule has 0 radical (unpaired) electrons. The highest BCUT2D eigenvalue weighted by Gasteiger charge is 2.75. The molecule has 0 heterocycles. The summed E-state index contributed by atoms with van der Waals surface area (Å²) in [6, 6.07) is 15.0. The number of ether oxygens (including phenoxy) is 1. The highest BCUT2D eigenvalue weighted by atomic mass is 35.5. The van der Waals surface area contributed by atoms with Gasteiger partial charge in [0, 0.05) is 17.5 Å². The minimum atomic E-state index is -3.80. The molecule has 0 saturated heterocycles. The van der Waals surface area contributed by atoms with E-state index in [4.69, 9.17) is 22.1 Å². The minimum Gasteiger partial charge on any atom is -0.465 e. The Morgan fingerprint density at radius 3 is 2.31 bits per heavy atom. The third-order valence-electron chi connectivity index (χ3n) is 4.88. The van der Waals surface area contributed by atoms with Crippen LogP contribution in [0.5, 0.6) is 0 Å². The normalized spacial score (nSPS) is 24.9. The van der Waals surface area contributed by atoms with Crippen LogP contribution in [0.3, 0.4) is 0 Å². The molecular weight excluding hydrogens is 374 g/mol. The van der Waals surface area contributed by atoms with E-state index in [1.807, 2.05) is 30.3 Å². The Balaban J connectivity index is 2.10. The van der Waals surface area contributed by atoms with Gasteiger partial charge < -0.3 is 10.5 Å². The first kappa shape index (κ1) is 18.9. The van der Waals surface area contributed by atoms with Crippen molar-refractivity contribution in [1.82, 2.24) is 0 Å². The quantitative estimate of drug-likeness (QED) is 0.762. The van der Waals surface area contributed by atoms with Crippen LogP contribution in [0.2, 0.25) is 5.02 Å². The number of carbonyl (C=O) groups is 1. The van der Waals surface area contributed by atoms with Crippen LogP contribution in [0, 0.1) is 5.41 Å². The number of halogens is 1. The van der Waals surface area contributed by atoms with E-state index in [1.165, 1.54) is 24.3 Å². The number of sulfone groups is 1.